The van der Waals surface area contributed by atoms with Crippen molar-refractivity contribution < 1.29 is 0 Å². The van der Waals surface area contributed by atoms with Crippen molar-refractivity contribution in [2.24, 2.45) is 29.1 Å². The van der Waals surface area contributed by atoms with Crippen LogP contribution in [0.3, 0.4) is 0 Å². The SMILES string of the molecule is Cn1c(=NN=C2CC3C=CCC23)sc2ccccc21. The van der Waals surface area contributed by atoms with E-state index in [0.29, 0.717) is 5.92 Å². The summed E-state index contributed by atoms with van der Waals surface area (Å²) in [6, 6.07) is 8.38. The lowest BCUT2D eigenvalue weighted by Gasteiger charge is -2.31. The highest BCUT2D eigenvalue weighted by Gasteiger charge is 2.37. The Morgan fingerprint density at radius 1 is 1.26 bits per heavy atom. The van der Waals surface area contributed by atoms with Crippen molar-refractivity contribution in [3.05, 3.63) is 41.2 Å². The Hall–Kier alpha value is -1.68. The molecule has 0 saturated heterocycles. The van der Waals surface area contributed by atoms with Gasteiger partial charge in [-0.1, -0.05) is 35.6 Å². The molecule has 4 heteroatoms. The minimum Gasteiger partial charge on any atom is -0.318 e. The first-order valence-corrected chi connectivity index (χ1v) is 7.46. The fourth-order valence-corrected chi connectivity index (χ4v) is 3.90. The van der Waals surface area contributed by atoms with Gasteiger partial charge in [0.1, 0.15) is 0 Å². The number of benzene rings is 1. The minimum atomic E-state index is 0.642. The number of aromatic nitrogens is 1. The third kappa shape index (κ3) is 1.70. The van der Waals surface area contributed by atoms with Crippen molar-refractivity contribution in [3.63, 3.8) is 0 Å². The topological polar surface area (TPSA) is 29.6 Å². The molecule has 3 nitrogen and oxygen atoms in total. The van der Waals surface area contributed by atoms with Crippen molar-refractivity contribution in [2.75, 3.05) is 0 Å². The predicted molar refractivity (Wildman–Crippen MR) is 79.1 cm³/mol. The number of thiazole rings is 1. The van der Waals surface area contributed by atoms with Gasteiger partial charge in [-0.2, -0.15) is 5.10 Å². The Balaban J connectivity index is 1.73. The standard InChI is InChI=1S/C15H15N3S/c1-18-13-7-2-3-8-14(13)19-15(18)17-16-12-9-10-5-4-6-11(10)12/h2-5,7-8,10-11H,6,9H2,1H3. The molecule has 2 aliphatic carbocycles. The van der Waals surface area contributed by atoms with E-state index in [9.17, 15) is 0 Å². The highest BCUT2D eigenvalue weighted by molar-refractivity contribution is 7.16. The molecule has 2 aromatic rings. The molecule has 1 fully saturated rings. The van der Waals surface area contributed by atoms with Crippen molar-refractivity contribution in [3.8, 4) is 0 Å². The van der Waals surface area contributed by atoms with Crippen LogP contribution < -0.4 is 4.80 Å². The molecule has 4 rings (SSSR count). The number of fused-ring (bicyclic) bond motifs is 2. The molecule has 1 heterocycles. The molecule has 0 N–H and O–H groups in total. The average molecular weight is 269 g/mol. The molecule has 2 aliphatic rings. The number of rotatable bonds is 1. The van der Waals surface area contributed by atoms with Gasteiger partial charge in [-0.25, -0.2) is 0 Å². The Kier molecular flexibility index (Phi) is 2.45. The normalized spacial score (nSPS) is 28.1. The average Bonchev–Trinajstić information content (AvgIpc) is 2.93. The summed E-state index contributed by atoms with van der Waals surface area (Å²) in [5.74, 6) is 1.38. The van der Waals surface area contributed by atoms with Crippen LogP contribution in [-0.4, -0.2) is 10.3 Å². The van der Waals surface area contributed by atoms with Crippen LogP contribution in [0.5, 0.6) is 0 Å². The van der Waals surface area contributed by atoms with Crippen LogP contribution in [0.1, 0.15) is 12.8 Å². The molecular weight excluding hydrogens is 254 g/mol. The van der Waals surface area contributed by atoms with E-state index in [1.54, 1.807) is 11.3 Å². The molecule has 0 amide bonds. The fourth-order valence-electron chi connectivity index (χ4n) is 2.93. The second-order valence-corrected chi connectivity index (χ2v) is 6.25. The van der Waals surface area contributed by atoms with Crippen molar-refractivity contribution in [2.45, 2.75) is 12.8 Å². The van der Waals surface area contributed by atoms with Crippen LogP contribution in [0.15, 0.2) is 46.6 Å². The van der Waals surface area contributed by atoms with E-state index >= 15 is 0 Å². The van der Waals surface area contributed by atoms with Gasteiger partial charge in [0.15, 0.2) is 0 Å². The summed E-state index contributed by atoms with van der Waals surface area (Å²) < 4.78 is 3.38. The molecule has 0 bridgehead atoms. The van der Waals surface area contributed by atoms with Crippen LogP contribution in [0.2, 0.25) is 0 Å². The van der Waals surface area contributed by atoms with Crippen LogP contribution in [0.25, 0.3) is 10.2 Å². The largest absolute Gasteiger partial charge is 0.318 e. The number of aryl methyl sites for hydroxylation is 1. The van der Waals surface area contributed by atoms with Crippen molar-refractivity contribution in [1.29, 1.82) is 0 Å². The Morgan fingerprint density at radius 3 is 3.00 bits per heavy atom. The molecule has 0 aliphatic heterocycles. The highest BCUT2D eigenvalue weighted by Crippen LogP contribution is 2.40. The summed E-state index contributed by atoms with van der Waals surface area (Å²) in [4.78, 5) is 0.975. The number of allylic oxidation sites excluding steroid dienone is 2. The quantitative estimate of drug-likeness (QED) is 0.562. The van der Waals surface area contributed by atoms with E-state index in [2.05, 4.69) is 58.2 Å². The van der Waals surface area contributed by atoms with Gasteiger partial charge in [0.2, 0.25) is 4.80 Å². The Morgan fingerprint density at radius 2 is 2.16 bits per heavy atom. The fraction of sp³-hybridized carbons (Fsp3) is 0.333. The van der Waals surface area contributed by atoms with Gasteiger partial charge in [-0.15, -0.1) is 5.10 Å². The number of hydrogen-bond acceptors (Lipinski definition) is 3. The second kappa shape index (κ2) is 4.17. The molecule has 96 valence electrons. The summed E-state index contributed by atoms with van der Waals surface area (Å²) in [6.07, 6.45) is 6.84. The highest BCUT2D eigenvalue weighted by atomic mass is 32.1. The summed E-state index contributed by atoms with van der Waals surface area (Å²) >= 11 is 1.70. The first-order chi connectivity index (χ1) is 9.33. The molecule has 1 saturated carbocycles. The van der Waals surface area contributed by atoms with Crippen molar-refractivity contribution in [1.82, 2.24) is 4.57 Å². The monoisotopic (exact) mass is 269 g/mol. The zero-order chi connectivity index (χ0) is 12.8. The summed E-state index contributed by atoms with van der Waals surface area (Å²) in [6.45, 7) is 0. The third-order valence-corrected chi connectivity index (χ3v) is 5.24. The maximum Gasteiger partial charge on any atom is 0.211 e. The second-order valence-electron chi connectivity index (χ2n) is 5.24. The van der Waals surface area contributed by atoms with E-state index in [-0.39, 0.29) is 0 Å². The molecule has 2 atom stereocenters. The van der Waals surface area contributed by atoms with Crippen molar-refractivity contribution >= 4 is 27.3 Å². The molecule has 19 heavy (non-hydrogen) atoms. The van der Waals surface area contributed by atoms with Crippen LogP contribution in [0, 0.1) is 11.8 Å². The number of para-hydroxylation sites is 1. The van der Waals surface area contributed by atoms with E-state index in [0.717, 1.165) is 23.6 Å². The van der Waals surface area contributed by atoms with Crippen LogP contribution in [0.4, 0.5) is 0 Å². The summed E-state index contributed by atoms with van der Waals surface area (Å²) in [5, 5.41) is 8.96. The van der Waals surface area contributed by atoms with E-state index in [4.69, 9.17) is 0 Å². The summed E-state index contributed by atoms with van der Waals surface area (Å²) in [7, 11) is 2.05. The number of hydrogen-bond donors (Lipinski definition) is 0. The van der Waals surface area contributed by atoms with E-state index < -0.39 is 0 Å². The minimum absolute atomic E-state index is 0.642. The summed E-state index contributed by atoms with van der Waals surface area (Å²) in [5.41, 5.74) is 2.49. The lowest BCUT2D eigenvalue weighted by Crippen LogP contribution is -2.33. The molecule has 1 aromatic heterocycles. The molecular formula is C15H15N3S. The van der Waals surface area contributed by atoms with Gasteiger partial charge in [-0.05, 0) is 30.9 Å². The first-order valence-electron chi connectivity index (χ1n) is 6.64. The smallest absolute Gasteiger partial charge is 0.211 e. The first kappa shape index (κ1) is 11.2. The van der Waals surface area contributed by atoms with Gasteiger partial charge >= 0.3 is 0 Å². The van der Waals surface area contributed by atoms with E-state index in [1.165, 1.54) is 15.9 Å². The molecule has 0 radical (unpaired) electrons. The Bertz CT molecular complexity index is 763. The Labute approximate surface area is 115 Å². The molecule has 2 unspecified atom stereocenters. The lowest BCUT2D eigenvalue weighted by molar-refractivity contribution is 0.465. The van der Waals surface area contributed by atoms with Gasteiger partial charge in [0.25, 0.3) is 0 Å². The third-order valence-electron chi connectivity index (χ3n) is 4.14. The van der Waals surface area contributed by atoms with Crippen LogP contribution >= 0.6 is 11.3 Å². The zero-order valence-electron chi connectivity index (χ0n) is 10.8. The maximum atomic E-state index is 4.49. The van der Waals surface area contributed by atoms with Gasteiger partial charge in [0, 0.05) is 18.7 Å². The lowest BCUT2D eigenvalue weighted by atomic mass is 9.74. The number of nitrogens with zero attached hydrogens (tertiary/aromatic N) is 3. The predicted octanol–water partition coefficient (Wildman–Crippen LogP) is 3.09. The maximum absolute atomic E-state index is 4.49. The van der Waals surface area contributed by atoms with Gasteiger partial charge in [-0.3, -0.25) is 0 Å². The van der Waals surface area contributed by atoms with Gasteiger partial charge < -0.3 is 4.57 Å². The zero-order valence-corrected chi connectivity index (χ0v) is 11.6. The van der Waals surface area contributed by atoms with Crippen LogP contribution in [-0.2, 0) is 7.05 Å². The molecule has 0 spiro atoms. The van der Waals surface area contributed by atoms with E-state index in [1.807, 2.05) is 0 Å². The van der Waals surface area contributed by atoms with Gasteiger partial charge in [0.05, 0.1) is 10.2 Å². The molecule has 1 aromatic carbocycles.